The molecule has 1 aliphatic rings. The number of aryl methyl sites for hydroxylation is 4. The molecule has 0 saturated carbocycles. The van der Waals surface area contributed by atoms with Gasteiger partial charge in [0, 0.05) is 10.4 Å². The van der Waals surface area contributed by atoms with Gasteiger partial charge in [-0.05, 0) is 44.2 Å². The summed E-state index contributed by atoms with van der Waals surface area (Å²) in [4.78, 5) is 11.8. The fraction of sp³-hybridized carbons (Fsp3) is 0.278. The van der Waals surface area contributed by atoms with Gasteiger partial charge in [0.05, 0.1) is 5.39 Å². The molecule has 0 radical (unpaired) electrons. The van der Waals surface area contributed by atoms with Gasteiger partial charge in [0.25, 0.3) is 0 Å². The second-order valence-electron chi connectivity index (χ2n) is 6.27. The minimum absolute atomic E-state index is 0.789. The van der Waals surface area contributed by atoms with E-state index >= 15 is 0 Å². The molecule has 23 heavy (non-hydrogen) atoms. The number of rotatable bonds is 0. The average Bonchev–Trinajstić information content (AvgIpc) is 3.02. The largest absolute Gasteiger partial charge is 0.225 e. The number of hydrogen-bond acceptors (Lipinski definition) is 4. The van der Waals surface area contributed by atoms with Gasteiger partial charge in [0.1, 0.15) is 17.0 Å². The zero-order valence-electron chi connectivity index (χ0n) is 13.1. The van der Waals surface area contributed by atoms with E-state index in [0.717, 1.165) is 29.1 Å². The van der Waals surface area contributed by atoms with Gasteiger partial charge in [-0.15, -0.1) is 11.3 Å². The van der Waals surface area contributed by atoms with E-state index in [9.17, 15) is 0 Å². The summed E-state index contributed by atoms with van der Waals surface area (Å²) in [6.07, 6.45) is 5.23. The molecule has 0 N–H and O–H groups in total. The number of aromatic nitrogens is 4. The molecule has 0 spiro atoms. The molecule has 0 atom stereocenters. The van der Waals surface area contributed by atoms with Crippen LogP contribution in [0.4, 0.5) is 0 Å². The van der Waals surface area contributed by atoms with E-state index in [1.165, 1.54) is 38.9 Å². The zero-order valence-corrected chi connectivity index (χ0v) is 13.9. The monoisotopic (exact) mass is 320 g/mol. The van der Waals surface area contributed by atoms with Gasteiger partial charge < -0.3 is 0 Å². The summed E-state index contributed by atoms with van der Waals surface area (Å²) in [5.74, 6) is 0.789. The first-order valence-electron chi connectivity index (χ1n) is 7.94. The topological polar surface area (TPSA) is 43.1 Å². The minimum atomic E-state index is 0.789. The highest BCUT2D eigenvalue weighted by Gasteiger charge is 2.23. The number of benzene rings is 1. The van der Waals surface area contributed by atoms with E-state index < -0.39 is 0 Å². The molecule has 0 saturated heterocycles. The van der Waals surface area contributed by atoms with Gasteiger partial charge in [-0.25, -0.2) is 14.5 Å². The summed E-state index contributed by atoms with van der Waals surface area (Å²) in [6.45, 7) is 4.09. The molecule has 5 heteroatoms. The molecule has 0 fully saturated rings. The van der Waals surface area contributed by atoms with Gasteiger partial charge in [0.2, 0.25) is 0 Å². The van der Waals surface area contributed by atoms with Crippen LogP contribution in [-0.4, -0.2) is 19.6 Å². The summed E-state index contributed by atoms with van der Waals surface area (Å²) >= 11 is 1.81. The molecule has 3 heterocycles. The fourth-order valence-electron chi connectivity index (χ4n) is 3.59. The van der Waals surface area contributed by atoms with Crippen LogP contribution in [0, 0.1) is 13.8 Å². The lowest BCUT2D eigenvalue weighted by Gasteiger charge is -2.08. The predicted molar refractivity (Wildman–Crippen MR) is 93.1 cm³/mol. The van der Waals surface area contributed by atoms with Gasteiger partial charge in [-0.2, -0.15) is 5.10 Å². The Morgan fingerprint density at radius 1 is 1.17 bits per heavy atom. The number of fused-ring (bicyclic) bond motifs is 7. The van der Waals surface area contributed by atoms with E-state index in [0.29, 0.717) is 0 Å². The van der Waals surface area contributed by atoms with Crippen LogP contribution in [0.5, 0.6) is 0 Å². The smallest absolute Gasteiger partial charge is 0.168 e. The first-order chi connectivity index (χ1) is 11.2. The van der Waals surface area contributed by atoms with Crippen molar-refractivity contribution in [2.24, 2.45) is 0 Å². The third kappa shape index (κ3) is 1.86. The van der Waals surface area contributed by atoms with Crippen molar-refractivity contribution in [1.29, 1.82) is 0 Å². The maximum absolute atomic E-state index is 4.67. The summed E-state index contributed by atoms with van der Waals surface area (Å²) in [5, 5.41) is 5.60. The molecular weight excluding hydrogens is 304 g/mol. The van der Waals surface area contributed by atoms with E-state index in [1.807, 2.05) is 22.8 Å². The lowest BCUT2D eigenvalue weighted by atomic mass is 9.96. The Balaban J connectivity index is 1.98. The highest BCUT2D eigenvalue weighted by atomic mass is 32.1. The van der Waals surface area contributed by atoms with Crippen molar-refractivity contribution in [3.8, 4) is 11.1 Å². The molecule has 0 bridgehead atoms. The normalized spacial score (nSPS) is 14.0. The summed E-state index contributed by atoms with van der Waals surface area (Å²) in [6, 6.07) is 6.82. The van der Waals surface area contributed by atoms with Crippen LogP contribution >= 0.6 is 11.3 Å². The summed E-state index contributed by atoms with van der Waals surface area (Å²) in [5.41, 5.74) is 6.37. The zero-order chi connectivity index (χ0) is 15.6. The van der Waals surface area contributed by atoms with Gasteiger partial charge in [0.15, 0.2) is 5.65 Å². The molecule has 0 aliphatic heterocycles. The predicted octanol–water partition coefficient (Wildman–Crippen LogP) is 4.11. The highest BCUT2D eigenvalue weighted by Crippen LogP contribution is 2.43. The van der Waals surface area contributed by atoms with Crippen LogP contribution < -0.4 is 0 Å². The van der Waals surface area contributed by atoms with Gasteiger partial charge in [-0.1, -0.05) is 23.8 Å². The van der Waals surface area contributed by atoms with Crippen molar-refractivity contribution < 1.29 is 0 Å². The number of nitrogens with zero attached hydrogens (tertiary/aromatic N) is 4. The van der Waals surface area contributed by atoms with Crippen molar-refractivity contribution in [3.05, 3.63) is 46.4 Å². The van der Waals surface area contributed by atoms with Gasteiger partial charge in [-0.3, -0.25) is 0 Å². The highest BCUT2D eigenvalue weighted by molar-refractivity contribution is 7.19. The van der Waals surface area contributed by atoms with Crippen molar-refractivity contribution in [2.45, 2.75) is 33.1 Å². The molecule has 1 aromatic carbocycles. The van der Waals surface area contributed by atoms with Crippen LogP contribution in [-0.2, 0) is 12.8 Å². The van der Waals surface area contributed by atoms with E-state index in [4.69, 9.17) is 0 Å². The Morgan fingerprint density at radius 3 is 3.00 bits per heavy atom. The molecule has 1 aliphatic carbocycles. The standard InChI is InChI=1S/C18H16N4S/c1-10-6-7-12-4-3-5-14-15(13(12)8-10)16-17-20-11(2)21-22(17)9-19-18(16)23-14/h6-9H,3-5H2,1-2H3. The van der Waals surface area contributed by atoms with Crippen molar-refractivity contribution in [3.63, 3.8) is 0 Å². The van der Waals surface area contributed by atoms with Crippen LogP contribution in [0.15, 0.2) is 24.5 Å². The molecule has 4 nitrogen and oxygen atoms in total. The molecular formula is C18H16N4S. The Labute approximate surface area is 137 Å². The Kier molecular flexibility index (Phi) is 2.65. The maximum atomic E-state index is 4.67. The van der Waals surface area contributed by atoms with E-state index in [-0.39, 0.29) is 0 Å². The quantitative estimate of drug-likeness (QED) is 0.490. The first-order valence-corrected chi connectivity index (χ1v) is 8.75. The van der Waals surface area contributed by atoms with E-state index in [2.05, 4.69) is 40.2 Å². The summed E-state index contributed by atoms with van der Waals surface area (Å²) < 4.78 is 1.81. The lowest BCUT2D eigenvalue weighted by Crippen LogP contribution is -1.92. The van der Waals surface area contributed by atoms with E-state index in [1.54, 1.807) is 6.33 Å². The Morgan fingerprint density at radius 2 is 2.09 bits per heavy atom. The molecule has 3 aromatic heterocycles. The van der Waals surface area contributed by atoms with Crippen LogP contribution in [0.25, 0.3) is 27.0 Å². The first kappa shape index (κ1) is 13.2. The number of thiophene rings is 1. The third-order valence-corrected chi connectivity index (χ3v) is 5.75. The Hall–Kier alpha value is -2.27. The molecule has 114 valence electrons. The second-order valence-corrected chi connectivity index (χ2v) is 7.35. The third-order valence-electron chi connectivity index (χ3n) is 4.59. The average molecular weight is 320 g/mol. The number of hydrogen-bond donors (Lipinski definition) is 0. The maximum Gasteiger partial charge on any atom is 0.168 e. The fourth-order valence-corrected chi connectivity index (χ4v) is 4.78. The van der Waals surface area contributed by atoms with Gasteiger partial charge >= 0.3 is 0 Å². The molecule has 0 amide bonds. The lowest BCUT2D eigenvalue weighted by molar-refractivity contribution is 0.844. The molecule has 4 aromatic rings. The van der Waals surface area contributed by atoms with Crippen molar-refractivity contribution in [1.82, 2.24) is 19.6 Å². The molecule has 0 unspecified atom stereocenters. The molecule has 5 rings (SSSR count). The minimum Gasteiger partial charge on any atom is -0.225 e. The van der Waals surface area contributed by atoms with Crippen molar-refractivity contribution in [2.75, 3.05) is 0 Å². The summed E-state index contributed by atoms with van der Waals surface area (Å²) in [7, 11) is 0. The van der Waals surface area contributed by atoms with Crippen molar-refractivity contribution >= 4 is 27.2 Å². The van der Waals surface area contributed by atoms with Crippen LogP contribution in [0.1, 0.15) is 28.2 Å². The van der Waals surface area contributed by atoms with Crippen LogP contribution in [0.3, 0.4) is 0 Å². The Bertz CT molecular complexity index is 1070. The SMILES string of the molecule is Cc1ccc2c(c1)-c1c(sc3ncn4nc(C)nc4c13)CCC2. The van der Waals surface area contributed by atoms with Crippen LogP contribution in [0.2, 0.25) is 0 Å². The second kappa shape index (κ2) is 4.61.